The molecule has 3 N–H and O–H groups in total. The average Bonchev–Trinajstić information content (AvgIpc) is 3.03. The Morgan fingerprint density at radius 2 is 1.69 bits per heavy atom. The Kier molecular flexibility index (Phi) is 6.95. The maximum Gasteiger partial charge on any atom is 0.350 e. The fraction of sp³-hybridized carbons (Fsp3) is 0.333. The third-order valence-electron chi connectivity index (χ3n) is 5.49. The van der Waals surface area contributed by atoms with Gasteiger partial charge in [-0.25, -0.2) is 4.79 Å². The summed E-state index contributed by atoms with van der Waals surface area (Å²) in [5.41, 5.74) is 5.88. The fourth-order valence-corrected chi connectivity index (χ4v) is 5.58. The number of nitrogens with zero attached hydrogens (tertiary/aromatic N) is 2. The number of benzene rings is 2. The van der Waals surface area contributed by atoms with Gasteiger partial charge in [0.25, 0.3) is 0 Å². The van der Waals surface area contributed by atoms with Crippen molar-refractivity contribution in [1.29, 1.82) is 0 Å². The Balaban J connectivity index is 1.53. The molecule has 0 radical (unpaired) electrons. The Hall–Kier alpha value is -2.65. The molecule has 3 aromatic rings. The number of hydrogen-bond donors (Lipinski definition) is 2. The highest BCUT2D eigenvalue weighted by Crippen LogP contribution is 2.49. The average molecular weight is 454 g/mol. The predicted octanol–water partition coefficient (Wildman–Crippen LogP) is 2.99. The van der Waals surface area contributed by atoms with Crippen LogP contribution in [0.5, 0.6) is 0 Å². The minimum absolute atomic E-state index is 0.147. The van der Waals surface area contributed by atoms with Crippen LogP contribution in [0, 0.1) is 0 Å². The van der Waals surface area contributed by atoms with E-state index in [1.807, 2.05) is 60.7 Å². The number of aliphatic hydroxyl groups is 1. The number of nitrogens with two attached hydrogens (primary N) is 1. The quantitative estimate of drug-likeness (QED) is 0.541. The molecule has 0 aliphatic carbocycles. The van der Waals surface area contributed by atoms with Crippen molar-refractivity contribution < 1.29 is 14.6 Å². The van der Waals surface area contributed by atoms with E-state index in [1.165, 1.54) is 16.3 Å². The molecule has 7 nitrogen and oxygen atoms in total. The molecule has 1 fully saturated rings. The number of aromatic nitrogens is 2. The summed E-state index contributed by atoms with van der Waals surface area (Å²) in [6, 6.07) is 21.3. The summed E-state index contributed by atoms with van der Waals surface area (Å²) in [5.74, 6) is 0.147. The van der Waals surface area contributed by atoms with Crippen molar-refractivity contribution in [2.24, 2.45) is 0 Å². The summed E-state index contributed by atoms with van der Waals surface area (Å²) in [4.78, 5) is 16.3. The predicted molar refractivity (Wildman–Crippen MR) is 125 cm³/mol. The topological polar surface area (TPSA) is 99.6 Å². The van der Waals surface area contributed by atoms with Gasteiger partial charge in [0.05, 0.1) is 25.1 Å². The van der Waals surface area contributed by atoms with Gasteiger partial charge in [-0.2, -0.15) is 4.98 Å². The van der Waals surface area contributed by atoms with E-state index in [2.05, 4.69) is 4.98 Å². The maximum absolute atomic E-state index is 12.5. The van der Waals surface area contributed by atoms with Gasteiger partial charge in [-0.3, -0.25) is 4.57 Å². The van der Waals surface area contributed by atoms with Gasteiger partial charge < -0.3 is 20.3 Å². The zero-order valence-electron chi connectivity index (χ0n) is 17.8. The first-order chi connectivity index (χ1) is 15.4. The number of rotatable bonds is 8. The minimum Gasteiger partial charge on any atom is -0.384 e. The van der Waals surface area contributed by atoms with E-state index in [-0.39, 0.29) is 11.1 Å². The van der Waals surface area contributed by atoms with Crippen LogP contribution in [0.15, 0.2) is 77.7 Å². The molecule has 4 rings (SSSR count). The first kappa shape index (κ1) is 22.5. The maximum atomic E-state index is 12.5. The molecule has 0 saturated carbocycles. The van der Waals surface area contributed by atoms with Crippen LogP contribution < -0.4 is 11.4 Å². The summed E-state index contributed by atoms with van der Waals surface area (Å²) < 4.78 is 13.6. The second kappa shape index (κ2) is 9.87. The van der Waals surface area contributed by atoms with E-state index in [0.717, 1.165) is 11.1 Å². The molecule has 2 aromatic carbocycles. The number of hydrogen-bond acceptors (Lipinski definition) is 7. The molecule has 1 aliphatic heterocycles. The van der Waals surface area contributed by atoms with Crippen LogP contribution in [-0.2, 0) is 22.7 Å². The number of thioether (sulfide) groups is 1. The normalized spacial score (nSPS) is 25.1. The van der Waals surface area contributed by atoms with Crippen LogP contribution in [0.3, 0.4) is 0 Å². The zero-order chi connectivity index (χ0) is 22.6. The third-order valence-corrected chi connectivity index (χ3v) is 7.18. The first-order valence-electron chi connectivity index (χ1n) is 10.4. The van der Waals surface area contributed by atoms with Gasteiger partial charge in [-0.15, -0.1) is 11.8 Å². The highest BCUT2D eigenvalue weighted by molar-refractivity contribution is 8.00. The van der Waals surface area contributed by atoms with E-state index in [1.54, 1.807) is 19.2 Å². The summed E-state index contributed by atoms with van der Waals surface area (Å²) >= 11 is 1.45. The summed E-state index contributed by atoms with van der Waals surface area (Å²) in [5, 5.41) is 10.7. The smallest absolute Gasteiger partial charge is 0.350 e. The van der Waals surface area contributed by atoms with E-state index < -0.39 is 22.8 Å². The van der Waals surface area contributed by atoms with Gasteiger partial charge in [0.2, 0.25) is 0 Å². The second-order valence-corrected chi connectivity index (χ2v) is 9.34. The van der Waals surface area contributed by atoms with E-state index in [0.29, 0.717) is 19.8 Å². The van der Waals surface area contributed by atoms with Gasteiger partial charge in [0, 0.05) is 6.20 Å². The van der Waals surface area contributed by atoms with Crippen molar-refractivity contribution in [2.45, 2.75) is 42.5 Å². The third kappa shape index (κ3) is 5.05. The SMILES string of the molecule is C[C@]1(O)[C@H](OCc2ccccc2)[C@@H](COCc2ccccc2)S[C@@H]1n1ccc(N)nc1=O. The highest BCUT2D eigenvalue weighted by atomic mass is 32.2. The lowest BCUT2D eigenvalue weighted by molar-refractivity contribution is -0.112. The molecule has 1 aromatic heterocycles. The summed E-state index contributed by atoms with van der Waals surface area (Å²) in [6.45, 7) is 2.86. The van der Waals surface area contributed by atoms with Crippen LogP contribution in [0.4, 0.5) is 5.82 Å². The van der Waals surface area contributed by atoms with Gasteiger partial charge in [-0.05, 0) is 24.1 Å². The van der Waals surface area contributed by atoms with Gasteiger partial charge in [-0.1, -0.05) is 60.7 Å². The molecule has 1 saturated heterocycles. The van der Waals surface area contributed by atoms with Crippen molar-refractivity contribution in [3.05, 3.63) is 94.5 Å². The Labute approximate surface area is 191 Å². The molecule has 168 valence electrons. The standard InChI is InChI=1S/C24H27N3O4S/c1-24(29)21(31-15-18-10-6-3-7-11-18)19(16-30-14-17-8-4-2-5-9-17)32-22(24)27-13-12-20(25)26-23(27)28/h2-13,19,21-22,29H,14-16H2,1H3,(H2,25,26,28)/t19-,21-,22+,24+/m1/s1. The lowest BCUT2D eigenvalue weighted by Crippen LogP contribution is -2.47. The van der Waals surface area contributed by atoms with Crippen LogP contribution in [0.1, 0.15) is 23.4 Å². The summed E-state index contributed by atoms with van der Waals surface area (Å²) in [7, 11) is 0. The molecule has 0 amide bonds. The van der Waals surface area contributed by atoms with E-state index >= 15 is 0 Å². The minimum atomic E-state index is -1.33. The van der Waals surface area contributed by atoms with Crippen molar-refractivity contribution in [3.63, 3.8) is 0 Å². The van der Waals surface area contributed by atoms with Crippen molar-refractivity contribution in [1.82, 2.24) is 9.55 Å². The lowest BCUT2D eigenvalue weighted by atomic mass is 9.96. The Morgan fingerprint density at radius 3 is 2.31 bits per heavy atom. The lowest BCUT2D eigenvalue weighted by Gasteiger charge is -2.32. The molecule has 32 heavy (non-hydrogen) atoms. The largest absolute Gasteiger partial charge is 0.384 e. The molecule has 4 atom stereocenters. The molecule has 1 aliphatic rings. The van der Waals surface area contributed by atoms with Crippen LogP contribution >= 0.6 is 11.8 Å². The highest BCUT2D eigenvalue weighted by Gasteiger charge is 2.54. The first-order valence-corrected chi connectivity index (χ1v) is 11.4. The number of nitrogen functional groups attached to an aromatic ring is 1. The molecule has 0 spiro atoms. The van der Waals surface area contributed by atoms with E-state index in [4.69, 9.17) is 15.2 Å². The van der Waals surface area contributed by atoms with Crippen molar-refractivity contribution in [3.8, 4) is 0 Å². The van der Waals surface area contributed by atoms with E-state index in [9.17, 15) is 9.90 Å². The van der Waals surface area contributed by atoms with Crippen LogP contribution in [0.25, 0.3) is 0 Å². The van der Waals surface area contributed by atoms with Gasteiger partial charge in [0.1, 0.15) is 22.9 Å². The molecule has 0 bridgehead atoms. The molecular formula is C24H27N3O4S. The van der Waals surface area contributed by atoms with Crippen molar-refractivity contribution in [2.75, 3.05) is 12.3 Å². The molecule has 2 heterocycles. The zero-order valence-corrected chi connectivity index (χ0v) is 18.7. The molecule has 0 unspecified atom stereocenters. The fourth-order valence-electron chi connectivity index (χ4n) is 3.87. The van der Waals surface area contributed by atoms with Gasteiger partial charge in [0.15, 0.2) is 0 Å². The Morgan fingerprint density at radius 1 is 1.06 bits per heavy atom. The van der Waals surface area contributed by atoms with Gasteiger partial charge >= 0.3 is 5.69 Å². The second-order valence-electron chi connectivity index (χ2n) is 8.01. The van der Waals surface area contributed by atoms with Crippen LogP contribution in [-0.4, -0.2) is 38.2 Å². The molecule has 8 heteroatoms. The van der Waals surface area contributed by atoms with Crippen molar-refractivity contribution >= 4 is 17.6 Å². The van der Waals surface area contributed by atoms with Crippen LogP contribution in [0.2, 0.25) is 0 Å². The number of anilines is 1. The summed E-state index contributed by atoms with van der Waals surface area (Å²) in [6.07, 6.45) is 1.01. The Bertz CT molecular complexity index is 1080. The number of ether oxygens (including phenoxy) is 2. The molecular weight excluding hydrogens is 426 g/mol. The monoisotopic (exact) mass is 453 g/mol.